The zero-order valence-corrected chi connectivity index (χ0v) is 12.2. The van der Waals surface area contributed by atoms with E-state index in [4.69, 9.17) is 15.0 Å². The highest BCUT2D eigenvalue weighted by molar-refractivity contribution is 5.27. The van der Waals surface area contributed by atoms with E-state index in [1.807, 2.05) is 45.0 Å². The fourth-order valence-corrected chi connectivity index (χ4v) is 1.76. The van der Waals surface area contributed by atoms with Gasteiger partial charge in [-0.05, 0) is 30.5 Å². The first kappa shape index (κ1) is 14.5. The van der Waals surface area contributed by atoms with E-state index in [-0.39, 0.29) is 12.0 Å². The van der Waals surface area contributed by atoms with Crippen LogP contribution in [0.1, 0.15) is 37.2 Å². The maximum absolute atomic E-state index is 5.97. The van der Waals surface area contributed by atoms with Crippen molar-refractivity contribution in [2.45, 2.75) is 33.2 Å². The Morgan fingerprint density at radius 1 is 1.35 bits per heavy atom. The van der Waals surface area contributed by atoms with Crippen molar-refractivity contribution in [1.29, 1.82) is 0 Å². The van der Waals surface area contributed by atoms with Crippen LogP contribution in [0.2, 0.25) is 0 Å². The summed E-state index contributed by atoms with van der Waals surface area (Å²) < 4.78 is 10.8. The number of ether oxygens (including phenoxy) is 1. The lowest BCUT2D eigenvalue weighted by molar-refractivity contribution is 0.291. The SMILES string of the molecule is Cc1cccc(OCCc2nc(C(N)C(C)C)no2)c1. The van der Waals surface area contributed by atoms with Crippen LogP contribution in [0.15, 0.2) is 28.8 Å². The van der Waals surface area contributed by atoms with Crippen molar-refractivity contribution in [3.05, 3.63) is 41.5 Å². The summed E-state index contributed by atoms with van der Waals surface area (Å²) in [6.07, 6.45) is 0.575. The predicted molar refractivity (Wildman–Crippen MR) is 76.4 cm³/mol. The van der Waals surface area contributed by atoms with Crippen LogP contribution in [0.25, 0.3) is 0 Å². The molecule has 0 aliphatic carbocycles. The van der Waals surface area contributed by atoms with Crippen LogP contribution in [0.5, 0.6) is 5.75 Å². The summed E-state index contributed by atoms with van der Waals surface area (Å²) in [5, 5.41) is 3.91. The van der Waals surface area contributed by atoms with Crippen molar-refractivity contribution in [2.24, 2.45) is 11.7 Å². The minimum atomic E-state index is -0.190. The Labute approximate surface area is 119 Å². The van der Waals surface area contributed by atoms with Gasteiger partial charge in [-0.3, -0.25) is 0 Å². The van der Waals surface area contributed by atoms with E-state index in [0.717, 1.165) is 5.75 Å². The summed E-state index contributed by atoms with van der Waals surface area (Å²) in [6.45, 7) is 6.59. The summed E-state index contributed by atoms with van der Waals surface area (Å²) in [7, 11) is 0. The normalized spacial score (nSPS) is 12.7. The zero-order chi connectivity index (χ0) is 14.5. The van der Waals surface area contributed by atoms with E-state index in [2.05, 4.69) is 10.1 Å². The van der Waals surface area contributed by atoms with E-state index in [1.165, 1.54) is 5.56 Å². The highest BCUT2D eigenvalue weighted by Crippen LogP contribution is 2.16. The molecule has 1 unspecified atom stereocenters. The molecule has 5 nitrogen and oxygen atoms in total. The van der Waals surface area contributed by atoms with Crippen molar-refractivity contribution < 1.29 is 9.26 Å². The third-order valence-corrected chi connectivity index (χ3v) is 3.07. The number of nitrogens with zero attached hydrogens (tertiary/aromatic N) is 2. The van der Waals surface area contributed by atoms with Crippen LogP contribution in [0.4, 0.5) is 0 Å². The monoisotopic (exact) mass is 275 g/mol. The predicted octanol–water partition coefficient (Wildman–Crippen LogP) is 2.66. The van der Waals surface area contributed by atoms with Gasteiger partial charge in [-0.15, -0.1) is 0 Å². The van der Waals surface area contributed by atoms with Crippen molar-refractivity contribution in [1.82, 2.24) is 10.1 Å². The van der Waals surface area contributed by atoms with Gasteiger partial charge in [0, 0.05) is 0 Å². The van der Waals surface area contributed by atoms with Crippen LogP contribution >= 0.6 is 0 Å². The molecule has 0 radical (unpaired) electrons. The van der Waals surface area contributed by atoms with Crippen molar-refractivity contribution >= 4 is 0 Å². The topological polar surface area (TPSA) is 74.2 Å². The number of hydrogen-bond donors (Lipinski definition) is 1. The summed E-state index contributed by atoms with van der Waals surface area (Å²) in [6, 6.07) is 7.74. The second-order valence-electron chi connectivity index (χ2n) is 5.23. The Morgan fingerprint density at radius 2 is 2.15 bits per heavy atom. The molecule has 0 spiro atoms. The number of hydrogen-bond acceptors (Lipinski definition) is 5. The van der Waals surface area contributed by atoms with Crippen LogP contribution < -0.4 is 10.5 Å². The highest BCUT2D eigenvalue weighted by atomic mass is 16.5. The number of benzene rings is 1. The highest BCUT2D eigenvalue weighted by Gasteiger charge is 2.17. The zero-order valence-electron chi connectivity index (χ0n) is 12.2. The first-order valence-corrected chi connectivity index (χ1v) is 6.84. The Balaban J connectivity index is 1.86. The summed E-state index contributed by atoms with van der Waals surface area (Å²) >= 11 is 0. The molecule has 2 N–H and O–H groups in total. The lowest BCUT2D eigenvalue weighted by Gasteiger charge is -2.09. The van der Waals surface area contributed by atoms with E-state index in [1.54, 1.807) is 0 Å². The molecule has 1 aromatic carbocycles. The second-order valence-corrected chi connectivity index (χ2v) is 5.23. The van der Waals surface area contributed by atoms with E-state index in [0.29, 0.717) is 24.7 Å². The average Bonchev–Trinajstić information content (AvgIpc) is 2.86. The molecular weight excluding hydrogens is 254 g/mol. The summed E-state index contributed by atoms with van der Waals surface area (Å²) in [4.78, 5) is 4.30. The number of aryl methyl sites for hydroxylation is 1. The van der Waals surface area contributed by atoms with E-state index >= 15 is 0 Å². The minimum Gasteiger partial charge on any atom is -0.493 e. The molecule has 0 bridgehead atoms. The van der Waals surface area contributed by atoms with Crippen LogP contribution in [0, 0.1) is 12.8 Å². The molecule has 2 rings (SSSR count). The van der Waals surface area contributed by atoms with E-state index < -0.39 is 0 Å². The molecule has 0 aliphatic rings. The van der Waals surface area contributed by atoms with Gasteiger partial charge >= 0.3 is 0 Å². The molecule has 108 valence electrons. The quantitative estimate of drug-likeness (QED) is 0.877. The molecule has 0 saturated carbocycles. The number of rotatable bonds is 6. The Hall–Kier alpha value is -1.88. The smallest absolute Gasteiger partial charge is 0.230 e. The molecule has 1 atom stereocenters. The summed E-state index contributed by atoms with van der Waals surface area (Å²) in [5.41, 5.74) is 7.14. The second kappa shape index (κ2) is 6.52. The molecule has 1 heterocycles. The molecule has 2 aromatic rings. The lowest BCUT2D eigenvalue weighted by Crippen LogP contribution is -2.18. The Kier molecular flexibility index (Phi) is 4.74. The molecule has 5 heteroatoms. The lowest BCUT2D eigenvalue weighted by atomic mass is 10.1. The molecule has 0 fully saturated rings. The largest absolute Gasteiger partial charge is 0.493 e. The number of nitrogens with two attached hydrogens (primary N) is 1. The van der Waals surface area contributed by atoms with Crippen LogP contribution in [-0.4, -0.2) is 16.7 Å². The molecular formula is C15H21N3O2. The first-order chi connectivity index (χ1) is 9.56. The summed E-state index contributed by atoms with van der Waals surface area (Å²) in [5.74, 6) is 2.25. The average molecular weight is 275 g/mol. The third-order valence-electron chi connectivity index (χ3n) is 3.07. The van der Waals surface area contributed by atoms with Crippen LogP contribution in [0.3, 0.4) is 0 Å². The van der Waals surface area contributed by atoms with Gasteiger partial charge in [0.2, 0.25) is 5.89 Å². The number of aromatic nitrogens is 2. The van der Waals surface area contributed by atoms with Crippen molar-refractivity contribution in [3.8, 4) is 5.75 Å². The third kappa shape index (κ3) is 3.81. The standard InChI is InChI=1S/C15H21N3O2/c1-10(2)14(16)15-17-13(20-18-15)7-8-19-12-6-4-5-11(3)9-12/h4-6,9-10,14H,7-8,16H2,1-3H3. The maximum atomic E-state index is 5.97. The van der Waals surface area contributed by atoms with Gasteiger partial charge in [0.25, 0.3) is 0 Å². The van der Waals surface area contributed by atoms with Gasteiger partial charge in [-0.25, -0.2) is 0 Å². The first-order valence-electron chi connectivity index (χ1n) is 6.84. The van der Waals surface area contributed by atoms with Gasteiger partial charge in [-0.1, -0.05) is 31.1 Å². The fourth-order valence-electron chi connectivity index (χ4n) is 1.76. The van der Waals surface area contributed by atoms with Gasteiger partial charge < -0.3 is 15.0 Å². The minimum absolute atomic E-state index is 0.190. The van der Waals surface area contributed by atoms with Gasteiger partial charge in [0.05, 0.1) is 19.1 Å². The molecule has 0 amide bonds. The van der Waals surface area contributed by atoms with Gasteiger partial charge in [-0.2, -0.15) is 4.98 Å². The van der Waals surface area contributed by atoms with Crippen molar-refractivity contribution in [3.63, 3.8) is 0 Å². The molecule has 0 saturated heterocycles. The van der Waals surface area contributed by atoms with E-state index in [9.17, 15) is 0 Å². The maximum Gasteiger partial charge on any atom is 0.230 e. The molecule has 0 aliphatic heterocycles. The Bertz CT molecular complexity index is 552. The Morgan fingerprint density at radius 3 is 2.85 bits per heavy atom. The van der Waals surface area contributed by atoms with Gasteiger partial charge in [0.1, 0.15) is 5.75 Å². The molecule has 20 heavy (non-hydrogen) atoms. The van der Waals surface area contributed by atoms with Crippen LogP contribution in [-0.2, 0) is 6.42 Å². The fraction of sp³-hybridized carbons (Fsp3) is 0.467. The van der Waals surface area contributed by atoms with Gasteiger partial charge in [0.15, 0.2) is 5.82 Å². The van der Waals surface area contributed by atoms with Crippen molar-refractivity contribution in [2.75, 3.05) is 6.61 Å². The molecule has 1 aromatic heterocycles.